The molecule has 110 valence electrons. The third-order valence-electron chi connectivity index (χ3n) is 3.89. The fraction of sp³-hybridized carbons (Fsp3) is 0.615. The van der Waals surface area contributed by atoms with E-state index >= 15 is 0 Å². The summed E-state index contributed by atoms with van der Waals surface area (Å²) in [5.74, 6) is -0.360. The van der Waals surface area contributed by atoms with Crippen LogP contribution in [0.1, 0.15) is 27.2 Å². The molecule has 20 heavy (non-hydrogen) atoms. The summed E-state index contributed by atoms with van der Waals surface area (Å²) in [6, 6.07) is 0. The van der Waals surface area contributed by atoms with Crippen molar-refractivity contribution in [3.8, 4) is 0 Å². The van der Waals surface area contributed by atoms with Crippen molar-refractivity contribution in [3.63, 3.8) is 0 Å². The maximum Gasteiger partial charge on any atom is 0.283 e. The number of nitrogens with zero attached hydrogens (tertiary/aromatic N) is 2. The molecule has 0 aromatic heterocycles. The molecule has 1 N–H and O–H groups in total. The number of hydrogen-bond acceptors (Lipinski definition) is 4. The number of carbonyl (C=O) groups is 1. The molecule has 0 radical (unpaired) electrons. The Bertz CT molecular complexity index is 549. The van der Waals surface area contributed by atoms with Gasteiger partial charge in [-0.3, -0.25) is 14.9 Å². The van der Waals surface area contributed by atoms with E-state index in [1.807, 2.05) is 0 Å². The van der Waals surface area contributed by atoms with Gasteiger partial charge in [0, 0.05) is 24.6 Å². The van der Waals surface area contributed by atoms with Crippen molar-refractivity contribution < 1.29 is 19.2 Å². The number of hydrogen-bond donors (Lipinski definition) is 1. The first-order chi connectivity index (χ1) is 9.10. The van der Waals surface area contributed by atoms with E-state index in [1.165, 1.54) is 4.90 Å². The zero-order chi connectivity index (χ0) is 15.3. The fourth-order valence-corrected chi connectivity index (χ4v) is 2.52. The second-order valence-corrected chi connectivity index (χ2v) is 6.03. The SMILES string of the molecule is CC1(F)CC2=C(C=C1[N+](=O)[O-])CN(C(C)(C)CO)C2=O. The number of alkyl halides is 1. The molecule has 6 nitrogen and oxygen atoms in total. The molecule has 1 heterocycles. The standard InChI is InChI=1S/C13H17FN2O4/c1-12(2,7-17)15-6-8-4-10(16(19)20)13(3,14)5-9(8)11(15)18/h4,17H,5-7H2,1-3H3. The number of rotatable bonds is 3. The summed E-state index contributed by atoms with van der Waals surface area (Å²) in [5, 5.41) is 20.2. The lowest BCUT2D eigenvalue weighted by Gasteiger charge is -2.34. The molecule has 2 aliphatic rings. The van der Waals surface area contributed by atoms with Crippen LogP contribution in [0.15, 0.2) is 22.9 Å². The largest absolute Gasteiger partial charge is 0.394 e. The number of halogens is 1. The van der Waals surface area contributed by atoms with Crippen LogP contribution >= 0.6 is 0 Å². The summed E-state index contributed by atoms with van der Waals surface area (Å²) >= 11 is 0. The van der Waals surface area contributed by atoms with Crippen molar-refractivity contribution in [2.24, 2.45) is 0 Å². The first kappa shape index (κ1) is 14.6. The van der Waals surface area contributed by atoms with Gasteiger partial charge < -0.3 is 10.0 Å². The molecule has 0 spiro atoms. The Morgan fingerprint density at radius 3 is 2.70 bits per heavy atom. The van der Waals surface area contributed by atoms with E-state index in [0.29, 0.717) is 5.57 Å². The zero-order valence-electron chi connectivity index (χ0n) is 11.6. The van der Waals surface area contributed by atoms with Crippen molar-refractivity contribution >= 4 is 5.91 Å². The van der Waals surface area contributed by atoms with E-state index in [1.54, 1.807) is 13.8 Å². The van der Waals surface area contributed by atoms with Gasteiger partial charge in [-0.05, 0) is 26.3 Å². The van der Waals surface area contributed by atoms with Crippen LogP contribution < -0.4 is 0 Å². The van der Waals surface area contributed by atoms with Crippen molar-refractivity contribution in [3.05, 3.63) is 33.0 Å². The maximum absolute atomic E-state index is 14.3. The number of nitro groups is 1. The monoisotopic (exact) mass is 284 g/mol. The Balaban J connectivity index is 2.40. The average molecular weight is 284 g/mol. The molecular weight excluding hydrogens is 267 g/mol. The maximum atomic E-state index is 14.3. The predicted octanol–water partition coefficient (Wildman–Crippen LogP) is 1.19. The normalized spacial score (nSPS) is 26.8. The Labute approximate surface area is 115 Å². The predicted molar refractivity (Wildman–Crippen MR) is 69.1 cm³/mol. The Morgan fingerprint density at radius 1 is 1.60 bits per heavy atom. The van der Waals surface area contributed by atoms with Gasteiger partial charge in [-0.1, -0.05) is 0 Å². The second-order valence-electron chi connectivity index (χ2n) is 6.03. The van der Waals surface area contributed by atoms with Crippen LogP contribution in [0.25, 0.3) is 0 Å². The molecule has 1 amide bonds. The van der Waals surface area contributed by atoms with Crippen LogP contribution in [-0.4, -0.2) is 45.2 Å². The number of aliphatic hydroxyl groups excluding tert-OH is 1. The van der Waals surface area contributed by atoms with E-state index in [-0.39, 0.29) is 31.1 Å². The number of carbonyl (C=O) groups excluding carboxylic acids is 1. The van der Waals surface area contributed by atoms with Crippen LogP contribution in [0, 0.1) is 10.1 Å². The van der Waals surface area contributed by atoms with Gasteiger partial charge in [0.1, 0.15) is 0 Å². The van der Waals surface area contributed by atoms with Crippen LogP contribution in [0.2, 0.25) is 0 Å². The Kier molecular flexibility index (Phi) is 3.20. The highest BCUT2D eigenvalue weighted by Gasteiger charge is 2.49. The van der Waals surface area contributed by atoms with Crippen molar-refractivity contribution in [2.75, 3.05) is 13.2 Å². The van der Waals surface area contributed by atoms with Crippen LogP contribution in [0.5, 0.6) is 0 Å². The summed E-state index contributed by atoms with van der Waals surface area (Å²) in [7, 11) is 0. The molecule has 1 aliphatic heterocycles. The minimum atomic E-state index is -2.16. The van der Waals surface area contributed by atoms with E-state index < -0.39 is 21.8 Å². The molecule has 2 rings (SSSR count). The summed E-state index contributed by atoms with van der Waals surface area (Å²) in [6.45, 7) is 4.41. The summed E-state index contributed by atoms with van der Waals surface area (Å²) in [6.07, 6.45) is 0.857. The van der Waals surface area contributed by atoms with Gasteiger partial charge in [0.2, 0.25) is 5.67 Å². The molecule has 0 saturated heterocycles. The van der Waals surface area contributed by atoms with Gasteiger partial charge in [-0.2, -0.15) is 0 Å². The summed E-state index contributed by atoms with van der Waals surface area (Å²) in [4.78, 5) is 23.9. The van der Waals surface area contributed by atoms with Gasteiger partial charge in [0.05, 0.1) is 17.1 Å². The molecule has 1 unspecified atom stereocenters. The van der Waals surface area contributed by atoms with Crippen molar-refractivity contribution in [1.29, 1.82) is 0 Å². The summed E-state index contributed by atoms with van der Waals surface area (Å²) in [5.41, 5.74) is -2.73. The van der Waals surface area contributed by atoms with E-state index in [0.717, 1.165) is 13.0 Å². The highest BCUT2D eigenvalue weighted by molar-refractivity contribution is 5.99. The molecular formula is C13H17FN2O4. The van der Waals surface area contributed by atoms with E-state index in [9.17, 15) is 24.4 Å². The zero-order valence-corrected chi connectivity index (χ0v) is 11.6. The van der Waals surface area contributed by atoms with Gasteiger partial charge in [0.15, 0.2) is 0 Å². The van der Waals surface area contributed by atoms with Gasteiger partial charge in [-0.25, -0.2) is 4.39 Å². The lowest BCUT2D eigenvalue weighted by molar-refractivity contribution is -0.440. The molecule has 0 fully saturated rings. The molecule has 1 atom stereocenters. The van der Waals surface area contributed by atoms with Gasteiger partial charge in [-0.15, -0.1) is 0 Å². The lowest BCUT2D eigenvalue weighted by Crippen LogP contribution is -2.48. The number of amides is 1. The first-order valence-corrected chi connectivity index (χ1v) is 6.30. The quantitative estimate of drug-likeness (QED) is 0.623. The van der Waals surface area contributed by atoms with E-state index in [4.69, 9.17) is 0 Å². The average Bonchev–Trinajstić information content (AvgIpc) is 2.64. The Hall–Kier alpha value is -1.76. The fourth-order valence-electron chi connectivity index (χ4n) is 2.52. The molecule has 0 aromatic carbocycles. The van der Waals surface area contributed by atoms with Gasteiger partial charge in [0.25, 0.3) is 11.6 Å². The molecule has 0 saturated carbocycles. The molecule has 7 heteroatoms. The summed E-state index contributed by atoms with van der Waals surface area (Å²) < 4.78 is 14.3. The minimum absolute atomic E-state index is 0.162. The highest BCUT2D eigenvalue weighted by Crippen LogP contribution is 2.41. The number of aliphatic hydroxyl groups is 1. The first-order valence-electron chi connectivity index (χ1n) is 6.30. The third kappa shape index (κ3) is 2.11. The van der Waals surface area contributed by atoms with Gasteiger partial charge >= 0.3 is 0 Å². The topological polar surface area (TPSA) is 83.7 Å². The van der Waals surface area contributed by atoms with Crippen LogP contribution in [0.3, 0.4) is 0 Å². The van der Waals surface area contributed by atoms with Crippen LogP contribution in [-0.2, 0) is 4.79 Å². The second kappa shape index (κ2) is 4.37. The minimum Gasteiger partial charge on any atom is -0.394 e. The molecule has 0 bridgehead atoms. The lowest BCUT2D eigenvalue weighted by atomic mass is 9.87. The molecule has 0 aromatic rings. The van der Waals surface area contributed by atoms with E-state index in [2.05, 4.69) is 0 Å². The Morgan fingerprint density at radius 2 is 2.20 bits per heavy atom. The smallest absolute Gasteiger partial charge is 0.283 e. The molecule has 1 aliphatic carbocycles. The van der Waals surface area contributed by atoms with Crippen molar-refractivity contribution in [1.82, 2.24) is 4.90 Å². The third-order valence-corrected chi connectivity index (χ3v) is 3.89. The van der Waals surface area contributed by atoms with Crippen molar-refractivity contribution in [2.45, 2.75) is 38.4 Å². The highest BCUT2D eigenvalue weighted by atomic mass is 19.1. The van der Waals surface area contributed by atoms with Crippen LogP contribution in [0.4, 0.5) is 4.39 Å². The number of allylic oxidation sites excluding steroid dienone is 1.